The van der Waals surface area contributed by atoms with Crippen molar-refractivity contribution < 1.29 is 9.84 Å². The van der Waals surface area contributed by atoms with Gasteiger partial charge in [0.15, 0.2) is 0 Å². The molecule has 0 rings (SSSR count). The molecule has 0 heterocycles. The number of aliphatic hydroxyl groups excluding tert-OH is 1. The predicted molar refractivity (Wildman–Crippen MR) is 58.6 cm³/mol. The van der Waals surface area contributed by atoms with Crippen molar-refractivity contribution in [3.05, 3.63) is 0 Å². The Morgan fingerprint density at radius 3 is 2.58 bits per heavy atom. The Bertz CT molecular complexity index is 113. The van der Waals surface area contributed by atoms with Gasteiger partial charge in [-0.25, -0.2) is 0 Å². The van der Waals surface area contributed by atoms with Gasteiger partial charge in [-0.05, 0) is 13.3 Å². The van der Waals surface area contributed by atoms with Crippen LogP contribution in [0, 0.1) is 0 Å². The first-order chi connectivity index (χ1) is 5.61. The minimum absolute atomic E-state index is 0.0614. The fourth-order valence-corrected chi connectivity index (χ4v) is 1.52. The minimum Gasteiger partial charge on any atom is -0.392 e. The van der Waals surface area contributed by atoms with Gasteiger partial charge in [0.2, 0.25) is 0 Å². The molecule has 0 aliphatic carbocycles. The average molecular weight is 287 g/mol. The second-order valence-electron chi connectivity index (χ2n) is 2.78. The number of rotatable bonds is 6. The molecule has 0 aromatic rings. The molecule has 4 heteroatoms. The Hall–Kier alpha value is 0.610. The molecule has 0 aliphatic heterocycles. The molecule has 0 aromatic carbocycles. The Morgan fingerprint density at radius 2 is 2.17 bits per heavy atom. The van der Waals surface area contributed by atoms with Crippen LogP contribution in [0.2, 0.25) is 0 Å². The summed E-state index contributed by atoms with van der Waals surface area (Å²) in [5, 5.41) is 12.6. The number of nitrogens with one attached hydrogen (secondary N) is 1. The van der Waals surface area contributed by atoms with E-state index >= 15 is 0 Å². The maximum atomic E-state index is 9.42. The summed E-state index contributed by atoms with van der Waals surface area (Å²) in [6.07, 6.45) is 0.643. The van der Waals surface area contributed by atoms with E-state index in [4.69, 9.17) is 4.74 Å². The average Bonchev–Trinajstić information content (AvgIpc) is 2.11. The van der Waals surface area contributed by atoms with Crippen molar-refractivity contribution in [2.75, 3.05) is 13.7 Å². The van der Waals surface area contributed by atoms with E-state index in [0.717, 1.165) is 13.0 Å². The third-order valence-corrected chi connectivity index (χ3v) is 3.06. The largest absolute Gasteiger partial charge is 0.392 e. The van der Waals surface area contributed by atoms with Gasteiger partial charge in [0.25, 0.3) is 0 Å². The van der Waals surface area contributed by atoms with Crippen LogP contribution in [-0.4, -0.2) is 35.0 Å². The van der Waals surface area contributed by atoms with Gasteiger partial charge in [-0.1, -0.05) is 29.5 Å². The summed E-state index contributed by atoms with van der Waals surface area (Å²) < 4.78 is 5.27. The maximum Gasteiger partial charge on any atom is 0.104 e. The van der Waals surface area contributed by atoms with E-state index in [2.05, 4.69) is 27.9 Å². The lowest BCUT2D eigenvalue weighted by molar-refractivity contribution is 0.0846. The van der Waals surface area contributed by atoms with Crippen molar-refractivity contribution in [1.29, 1.82) is 0 Å². The number of hydrogen-bond acceptors (Lipinski definition) is 3. The smallest absolute Gasteiger partial charge is 0.104 e. The van der Waals surface area contributed by atoms with Crippen molar-refractivity contribution >= 4 is 22.6 Å². The Labute approximate surface area is 88.0 Å². The number of methoxy groups -OCH3 is 1. The summed E-state index contributed by atoms with van der Waals surface area (Å²) >= 11 is 2.25. The molecule has 0 fully saturated rings. The van der Waals surface area contributed by atoms with Gasteiger partial charge in [-0.15, -0.1) is 0 Å². The van der Waals surface area contributed by atoms with Crippen molar-refractivity contribution in [3.8, 4) is 0 Å². The van der Waals surface area contributed by atoms with Gasteiger partial charge in [0.05, 0.1) is 6.10 Å². The summed E-state index contributed by atoms with van der Waals surface area (Å²) in [5.41, 5.74) is 0. The van der Waals surface area contributed by atoms with E-state index in [0.29, 0.717) is 0 Å². The van der Waals surface area contributed by atoms with Crippen molar-refractivity contribution in [1.82, 2.24) is 5.32 Å². The van der Waals surface area contributed by atoms with Crippen LogP contribution in [0.5, 0.6) is 0 Å². The lowest BCUT2D eigenvalue weighted by Crippen LogP contribution is -2.37. The lowest BCUT2D eigenvalue weighted by atomic mass is 10.2. The highest BCUT2D eigenvalue weighted by molar-refractivity contribution is 14.1. The number of aliphatic hydroxyl groups is 1. The highest BCUT2D eigenvalue weighted by atomic mass is 127. The fraction of sp³-hybridized carbons (Fsp3) is 1.00. The molecular formula is C8H18INO2. The molecule has 0 saturated heterocycles. The molecule has 3 atom stereocenters. The second kappa shape index (κ2) is 7.06. The predicted octanol–water partition coefficient (Wildman–Crippen LogP) is 1.14. The maximum absolute atomic E-state index is 9.42. The highest BCUT2D eigenvalue weighted by Crippen LogP contribution is 2.08. The Morgan fingerprint density at radius 1 is 1.58 bits per heavy atom. The zero-order valence-electron chi connectivity index (χ0n) is 7.88. The molecule has 1 unspecified atom stereocenters. The van der Waals surface area contributed by atoms with Gasteiger partial charge in [0.1, 0.15) is 6.23 Å². The summed E-state index contributed by atoms with van der Waals surface area (Å²) in [5.74, 6) is 0. The zero-order chi connectivity index (χ0) is 9.56. The fourth-order valence-electron chi connectivity index (χ4n) is 0.754. The molecule has 2 N–H and O–H groups in total. The van der Waals surface area contributed by atoms with E-state index in [9.17, 15) is 5.11 Å². The van der Waals surface area contributed by atoms with Gasteiger partial charge in [0, 0.05) is 17.6 Å². The molecule has 3 nitrogen and oxygen atoms in total. The zero-order valence-corrected chi connectivity index (χ0v) is 10.0. The van der Waals surface area contributed by atoms with Crippen LogP contribution in [0.25, 0.3) is 0 Å². The summed E-state index contributed by atoms with van der Waals surface area (Å²) in [6, 6.07) is 0. The quantitative estimate of drug-likeness (QED) is 0.437. The minimum atomic E-state index is -0.220. The number of halogens is 1. The van der Waals surface area contributed by atoms with Crippen LogP contribution < -0.4 is 5.32 Å². The number of hydrogen-bond donors (Lipinski definition) is 2. The number of alkyl halides is 1. The topological polar surface area (TPSA) is 41.5 Å². The van der Waals surface area contributed by atoms with Gasteiger partial charge >= 0.3 is 0 Å². The van der Waals surface area contributed by atoms with Crippen LogP contribution >= 0.6 is 22.6 Å². The first-order valence-corrected chi connectivity index (χ1v) is 5.44. The third kappa shape index (κ3) is 5.29. The second-order valence-corrected chi connectivity index (χ2v) is 4.38. The van der Waals surface area contributed by atoms with Crippen molar-refractivity contribution in [2.24, 2.45) is 0 Å². The first-order valence-electron chi connectivity index (χ1n) is 4.20. The molecule has 0 spiro atoms. The van der Waals surface area contributed by atoms with Crippen molar-refractivity contribution in [2.45, 2.75) is 36.5 Å². The van der Waals surface area contributed by atoms with Crippen LogP contribution in [0.3, 0.4) is 0 Å². The summed E-state index contributed by atoms with van der Waals surface area (Å²) in [6.45, 7) is 4.71. The molecule has 0 bridgehead atoms. The van der Waals surface area contributed by atoms with Crippen LogP contribution in [0.1, 0.15) is 20.3 Å². The molecule has 0 radical (unpaired) electrons. The molecule has 12 heavy (non-hydrogen) atoms. The Balaban J connectivity index is 3.49. The molecule has 0 amide bonds. The highest BCUT2D eigenvalue weighted by Gasteiger charge is 2.13. The van der Waals surface area contributed by atoms with E-state index in [1.807, 2.05) is 13.8 Å². The van der Waals surface area contributed by atoms with E-state index < -0.39 is 0 Å². The van der Waals surface area contributed by atoms with E-state index in [1.54, 1.807) is 7.11 Å². The van der Waals surface area contributed by atoms with E-state index in [-0.39, 0.29) is 16.3 Å². The molecule has 74 valence electrons. The Kier molecular flexibility index (Phi) is 7.41. The standard InChI is InChI=1S/C8H18INO2/c1-4-8(11)7(9)5-10-6(2)12-3/h6-8,10-11H,4-5H2,1-3H3/t6-,7?,8+/m1/s1. The van der Waals surface area contributed by atoms with Crippen molar-refractivity contribution in [3.63, 3.8) is 0 Å². The van der Waals surface area contributed by atoms with Gasteiger partial charge in [-0.2, -0.15) is 0 Å². The molecule has 0 aliphatic rings. The molecular weight excluding hydrogens is 269 g/mol. The monoisotopic (exact) mass is 287 g/mol. The van der Waals surface area contributed by atoms with Crippen LogP contribution in [-0.2, 0) is 4.74 Å². The SMILES string of the molecule is CC[C@H](O)C(I)CN[C@@H](C)OC. The van der Waals surface area contributed by atoms with Gasteiger partial charge in [-0.3, -0.25) is 5.32 Å². The van der Waals surface area contributed by atoms with Crippen LogP contribution in [0.15, 0.2) is 0 Å². The molecule has 0 aromatic heterocycles. The van der Waals surface area contributed by atoms with Gasteiger partial charge < -0.3 is 9.84 Å². The normalized spacial score (nSPS) is 18.8. The molecule has 0 saturated carbocycles. The lowest BCUT2D eigenvalue weighted by Gasteiger charge is -2.18. The number of ether oxygens (including phenoxy) is 1. The summed E-state index contributed by atoms with van der Waals surface area (Å²) in [4.78, 5) is 0. The van der Waals surface area contributed by atoms with E-state index in [1.165, 1.54) is 0 Å². The third-order valence-electron chi connectivity index (χ3n) is 1.79. The van der Waals surface area contributed by atoms with Crippen LogP contribution in [0.4, 0.5) is 0 Å². The summed E-state index contributed by atoms with van der Waals surface area (Å²) in [7, 11) is 1.66. The first kappa shape index (κ1) is 12.6.